The molecule has 2 aromatic rings. The molecular formula is C12H11IN2O2. The van der Waals surface area contributed by atoms with Crippen molar-refractivity contribution in [3.8, 4) is 0 Å². The molecule has 1 aromatic heterocycles. The standard InChI is InChI=1S/C12H11IN2O2/c1-7(11(14)16)15-6-5-8-9(12(15)17)3-2-4-10(8)13/h2-7H,1H3,(H2,14,16)/t7-/m1/s1. The Hall–Kier alpha value is -1.37. The van der Waals surface area contributed by atoms with Gasteiger partial charge in [0, 0.05) is 20.5 Å². The molecule has 0 aliphatic rings. The Morgan fingerprint density at radius 3 is 2.71 bits per heavy atom. The van der Waals surface area contributed by atoms with E-state index in [2.05, 4.69) is 22.6 Å². The van der Waals surface area contributed by atoms with Crippen molar-refractivity contribution >= 4 is 39.3 Å². The lowest BCUT2D eigenvalue weighted by Crippen LogP contribution is -2.31. The van der Waals surface area contributed by atoms with E-state index in [4.69, 9.17) is 5.73 Å². The second-order valence-corrected chi connectivity index (χ2v) is 4.97. The molecule has 0 saturated carbocycles. The van der Waals surface area contributed by atoms with Gasteiger partial charge in [0.2, 0.25) is 5.91 Å². The average molecular weight is 342 g/mol. The number of benzene rings is 1. The molecule has 88 valence electrons. The van der Waals surface area contributed by atoms with Crippen LogP contribution in [0.25, 0.3) is 10.8 Å². The molecule has 0 unspecified atom stereocenters. The number of carbonyl (C=O) groups excluding carboxylic acids is 1. The third-order valence-corrected chi connectivity index (χ3v) is 3.69. The molecule has 0 fully saturated rings. The van der Waals surface area contributed by atoms with E-state index in [1.807, 2.05) is 18.2 Å². The number of aromatic nitrogens is 1. The molecule has 2 rings (SSSR count). The van der Waals surface area contributed by atoms with Crippen LogP contribution < -0.4 is 11.3 Å². The molecule has 0 saturated heterocycles. The monoisotopic (exact) mass is 342 g/mol. The maximum atomic E-state index is 12.2. The minimum absolute atomic E-state index is 0.188. The van der Waals surface area contributed by atoms with Gasteiger partial charge in [-0.1, -0.05) is 6.07 Å². The summed E-state index contributed by atoms with van der Waals surface area (Å²) < 4.78 is 2.37. The van der Waals surface area contributed by atoms with Crippen LogP contribution >= 0.6 is 22.6 Å². The summed E-state index contributed by atoms with van der Waals surface area (Å²) in [6.07, 6.45) is 1.61. The molecule has 1 amide bonds. The zero-order valence-electron chi connectivity index (χ0n) is 9.18. The van der Waals surface area contributed by atoms with Gasteiger partial charge < -0.3 is 10.3 Å². The molecule has 17 heavy (non-hydrogen) atoms. The van der Waals surface area contributed by atoms with Crippen LogP contribution in [0.3, 0.4) is 0 Å². The molecule has 0 aliphatic heterocycles. The van der Waals surface area contributed by atoms with Crippen LogP contribution in [0.4, 0.5) is 0 Å². The van der Waals surface area contributed by atoms with Gasteiger partial charge in [0.1, 0.15) is 6.04 Å². The summed E-state index contributed by atoms with van der Waals surface area (Å²) in [5.74, 6) is -0.517. The first-order valence-electron chi connectivity index (χ1n) is 5.11. The Morgan fingerprint density at radius 1 is 1.35 bits per heavy atom. The Balaban J connectivity index is 2.75. The Morgan fingerprint density at radius 2 is 2.06 bits per heavy atom. The number of nitrogens with zero attached hydrogens (tertiary/aromatic N) is 1. The predicted octanol–water partition coefficient (Wildman–Crippen LogP) is 1.65. The third kappa shape index (κ3) is 2.06. The van der Waals surface area contributed by atoms with Gasteiger partial charge in [-0.25, -0.2) is 0 Å². The Bertz CT molecular complexity index is 648. The highest BCUT2D eigenvalue weighted by Crippen LogP contribution is 2.18. The Labute approximate surface area is 112 Å². The highest BCUT2D eigenvalue weighted by molar-refractivity contribution is 14.1. The smallest absolute Gasteiger partial charge is 0.259 e. The van der Waals surface area contributed by atoms with Gasteiger partial charge in [0.25, 0.3) is 5.56 Å². The number of amides is 1. The van der Waals surface area contributed by atoms with E-state index in [1.54, 1.807) is 19.2 Å². The summed E-state index contributed by atoms with van der Waals surface area (Å²) in [6.45, 7) is 1.61. The maximum Gasteiger partial charge on any atom is 0.259 e. The molecular weight excluding hydrogens is 331 g/mol. The predicted molar refractivity (Wildman–Crippen MR) is 74.8 cm³/mol. The van der Waals surface area contributed by atoms with Crippen molar-refractivity contribution in [1.29, 1.82) is 0 Å². The minimum atomic E-state index is -0.634. The SMILES string of the molecule is C[C@H](C(N)=O)n1ccc2c(I)cccc2c1=O. The normalized spacial score (nSPS) is 12.6. The van der Waals surface area contributed by atoms with Gasteiger partial charge in [-0.05, 0) is 47.7 Å². The molecule has 0 aliphatic carbocycles. The van der Waals surface area contributed by atoms with Crippen molar-refractivity contribution < 1.29 is 4.79 Å². The van der Waals surface area contributed by atoms with Crippen LogP contribution in [0, 0.1) is 3.57 Å². The number of primary amides is 1. The zero-order valence-corrected chi connectivity index (χ0v) is 11.3. The highest BCUT2D eigenvalue weighted by atomic mass is 127. The summed E-state index contributed by atoms with van der Waals surface area (Å²) in [7, 11) is 0. The first-order chi connectivity index (χ1) is 8.02. The van der Waals surface area contributed by atoms with E-state index < -0.39 is 11.9 Å². The largest absolute Gasteiger partial charge is 0.368 e. The summed E-state index contributed by atoms with van der Waals surface area (Å²) in [4.78, 5) is 23.3. The van der Waals surface area contributed by atoms with Gasteiger partial charge in [-0.15, -0.1) is 0 Å². The first-order valence-corrected chi connectivity index (χ1v) is 6.19. The molecule has 5 heteroatoms. The summed E-state index contributed by atoms with van der Waals surface area (Å²) in [5, 5.41) is 1.50. The number of halogens is 1. The number of carbonyl (C=O) groups is 1. The van der Waals surface area contributed by atoms with Crippen molar-refractivity contribution in [2.45, 2.75) is 13.0 Å². The Kier molecular flexibility index (Phi) is 3.19. The van der Waals surface area contributed by atoms with Gasteiger partial charge in [0.15, 0.2) is 0 Å². The lowest BCUT2D eigenvalue weighted by Gasteiger charge is -2.12. The highest BCUT2D eigenvalue weighted by Gasteiger charge is 2.14. The maximum absolute atomic E-state index is 12.2. The van der Waals surface area contributed by atoms with Crippen molar-refractivity contribution in [1.82, 2.24) is 4.57 Å². The van der Waals surface area contributed by atoms with Gasteiger partial charge in [-0.2, -0.15) is 0 Å². The zero-order chi connectivity index (χ0) is 12.6. The van der Waals surface area contributed by atoms with Gasteiger partial charge in [0.05, 0.1) is 0 Å². The van der Waals surface area contributed by atoms with Crippen molar-refractivity contribution in [3.05, 3.63) is 44.4 Å². The number of pyridine rings is 1. The number of fused-ring (bicyclic) bond motifs is 1. The topological polar surface area (TPSA) is 65.1 Å². The molecule has 0 bridgehead atoms. The molecule has 4 nitrogen and oxygen atoms in total. The average Bonchev–Trinajstić information content (AvgIpc) is 2.30. The lowest BCUT2D eigenvalue weighted by atomic mass is 10.1. The van der Waals surface area contributed by atoms with Crippen LogP contribution in [0.2, 0.25) is 0 Å². The second kappa shape index (κ2) is 4.48. The molecule has 1 aromatic carbocycles. The van der Waals surface area contributed by atoms with E-state index in [1.165, 1.54) is 4.57 Å². The van der Waals surface area contributed by atoms with Crippen LogP contribution in [-0.2, 0) is 4.79 Å². The van der Waals surface area contributed by atoms with Crippen molar-refractivity contribution in [2.75, 3.05) is 0 Å². The number of rotatable bonds is 2. The van der Waals surface area contributed by atoms with Crippen molar-refractivity contribution in [3.63, 3.8) is 0 Å². The van der Waals surface area contributed by atoms with Gasteiger partial charge >= 0.3 is 0 Å². The minimum Gasteiger partial charge on any atom is -0.368 e. The molecule has 1 heterocycles. The fourth-order valence-corrected chi connectivity index (χ4v) is 2.37. The van der Waals surface area contributed by atoms with E-state index in [0.717, 1.165) is 8.96 Å². The first kappa shape index (κ1) is 12.1. The number of hydrogen-bond donors (Lipinski definition) is 1. The van der Waals surface area contributed by atoms with Crippen LogP contribution in [-0.4, -0.2) is 10.5 Å². The summed E-state index contributed by atoms with van der Waals surface area (Å²) in [5.41, 5.74) is 5.02. The summed E-state index contributed by atoms with van der Waals surface area (Å²) in [6, 6.07) is 6.71. The van der Waals surface area contributed by atoms with E-state index in [0.29, 0.717) is 5.39 Å². The quantitative estimate of drug-likeness (QED) is 0.844. The molecule has 0 radical (unpaired) electrons. The lowest BCUT2D eigenvalue weighted by molar-refractivity contribution is -0.120. The number of nitrogens with two attached hydrogens (primary N) is 1. The van der Waals surface area contributed by atoms with Crippen LogP contribution in [0.1, 0.15) is 13.0 Å². The fraction of sp³-hybridized carbons (Fsp3) is 0.167. The molecule has 1 atom stereocenters. The third-order valence-electron chi connectivity index (χ3n) is 2.75. The molecule has 2 N–H and O–H groups in total. The fourth-order valence-electron chi connectivity index (χ4n) is 1.70. The van der Waals surface area contributed by atoms with E-state index in [-0.39, 0.29) is 5.56 Å². The summed E-state index contributed by atoms with van der Waals surface area (Å²) >= 11 is 2.18. The second-order valence-electron chi connectivity index (χ2n) is 3.81. The van der Waals surface area contributed by atoms with Gasteiger partial charge in [-0.3, -0.25) is 9.59 Å². The molecule has 0 spiro atoms. The van der Waals surface area contributed by atoms with Crippen LogP contribution in [0.15, 0.2) is 35.3 Å². The number of hydrogen-bond acceptors (Lipinski definition) is 2. The van der Waals surface area contributed by atoms with Crippen molar-refractivity contribution in [2.24, 2.45) is 5.73 Å². The van der Waals surface area contributed by atoms with E-state index in [9.17, 15) is 9.59 Å². The van der Waals surface area contributed by atoms with Crippen LogP contribution in [0.5, 0.6) is 0 Å². The van der Waals surface area contributed by atoms with E-state index >= 15 is 0 Å².